The van der Waals surface area contributed by atoms with E-state index in [1.807, 2.05) is 51.1 Å². The van der Waals surface area contributed by atoms with Gasteiger partial charge in [0.1, 0.15) is 17.5 Å². The van der Waals surface area contributed by atoms with E-state index in [9.17, 15) is 15.0 Å². The zero-order valence-electron chi connectivity index (χ0n) is 17.6. The minimum Gasteiger partial charge on any atom is -0.486 e. The van der Waals surface area contributed by atoms with Crippen LogP contribution in [0.5, 0.6) is 5.75 Å². The number of carbonyl (C=O) groups is 1. The molecule has 2 N–H and O–H groups in total. The molecule has 0 aliphatic heterocycles. The number of nitrogens with zero attached hydrogens (tertiary/aromatic N) is 1. The summed E-state index contributed by atoms with van der Waals surface area (Å²) in [6.45, 7) is 5.68. The van der Waals surface area contributed by atoms with Gasteiger partial charge in [-0.2, -0.15) is 0 Å². The number of amides is 1. The monoisotopic (exact) mass is 401 g/mol. The van der Waals surface area contributed by atoms with Crippen molar-refractivity contribution in [3.63, 3.8) is 0 Å². The summed E-state index contributed by atoms with van der Waals surface area (Å²) in [5.41, 5.74) is 1.77. The average Bonchev–Trinajstić information content (AvgIpc) is 2.69. The minimum absolute atomic E-state index is 0.137. The molecular formula is C23H31NO5. The van der Waals surface area contributed by atoms with Gasteiger partial charge in [0.25, 0.3) is 0 Å². The maximum absolute atomic E-state index is 12.2. The summed E-state index contributed by atoms with van der Waals surface area (Å²) in [6, 6.07) is 15.0. The maximum Gasteiger partial charge on any atom is 0.410 e. The molecule has 6 heteroatoms. The van der Waals surface area contributed by atoms with Crippen molar-refractivity contribution >= 4 is 6.09 Å². The first-order valence-electron chi connectivity index (χ1n) is 9.72. The van der Waals surface area contributed by atoms with Gasteiger partial charge < -0.3 is 24.6 Å². The maximum atomic E-state index is 12.2. The van der Waals surface area contributed by atoms with Crippen LogP contribution in [0.3, 0.4) is 0 Å². The molecule has 29 heavy (non-hydrogen) atoms. The van der Waals surface area contributed by atoms with Gasteiger partial charge in [0.15, 0.2) is 0 Å². The predicted octanol–water partition coefficient (Wildman–Crippen LogP) is 4.05. The van der Waals surface area contributed by atoms with E-state index in [0.29, 0.717) is 29.8 Å². The molecule has 0 aliphatic carbocycles. The zero-order valence-corrected chi connectivity index (χ0v) is 17.6. The summed E-state index contributed by atoms with van der Waals surface area (Å²) < 4.78 is 11.6. The number of carbonyl (C=O) groups excluding carboxylic acids is 1. The summed E-state index contributed by atoms with van der Waals surface area (Å²) in [7, 11) is 1.70. The molecule has 2 aromatic rings. The summed E-state index contributed by atoms with van der Waals surface area (Å²) in [6.07, 6.45) is -0.131. The van der Waals surface area contributed by atoms with E-state index < -0.39 is 5.60 Å². The molecule has 2 aromatic carbocycles. The highest BCUT2D eigenvalue weighted by atomic mass is 16.6. The van der Waals surface area contributed by atoms with Crippen molar-refractivity contribution in [1.82, 2.24) is 4.90 Å². The smallest absolute Gasteiger partial charge is 0.410 e. The Balaban J connectivity index is 2.16. The van der Waals surface area contributed by atoms with Crippen molar-refractivity contribution in [2.24, 2.45) is 0 Å². The highest BCUT2D eigenvalue weighted by Gasteiger charge is 2.21. The molecule has 0 saturated carbocycles. The van der Waals surface area contributed by atoms with Crippen LogP contribution in [-0.2, 0) is 18.0 Å². The van der Waals surface area contributed by atoms with Crippen LogP contribution in [0.25, 0.3) is 0 Å². The second-order valence-corrected chi connectivity index (χ2v) is 8.01. The van der Waals surface area contributed by atoms with Crippen LogP contribution < -0.4 is 4.74 Å². The van der Waals surface area contributed by atoms with Crippen LogP contribution in [-0.4, -0.2) is 40.4 Å². The van der Waals surface area contributed by atoms with Crippen LogP contribution >= 0.6 is 0 Å². The number of ether oxygens (including phenoxy) is 2. The molecule has 0 bridgehead atoms. The van der Waals surface area contributed by atoms with Crippen molar-refractivity contribution in [3.05, 3.63) is 65.2 Å². The van der Waals surface area contributed by atoms with Crippen molar-refractivity contribution < 1.29 is 24.5 Å². The van der Waals surface area contributed by atoms with Crippen molar-refractivity contribution in [2.75, 3.05) is 13.6 Å². The Labute approximate surface area is 172 Å². The number of aliphatic hydroxyl groups excluding tert-OH is 2. The Morgan fingerprint density at radius 3 is 2.14 bits per heavy atom. The molecule has 0 radical (unpaired) electrons. The second-order valence-electron chi connectivity index (χ2n) is 8.01. The molecule has 1 amide bonds. The first-order valence-corrected chi connectivity index (χ1v) is 9.72. The lowest BCUT2D eigenvalue weighted by Gasteiger charge is -2.26. The van der Waals surface area contributed by atoms with Gasteiger partial charge in [0, 0.05) is 20.0 Å². The summed E-state index contributed by atoms with van der Waals surface area (Å²) in [5, 5.41) is 18.9. The minimum atomic E-state index is -0.549. The fourth-order valence-electron chi connectivity index (χ4n) is 2.85. The third-order valence-corrected chi connectivity index (χ3v) is 4.27. The van der Waals surface area contributed by atoms with Gasteiger partial charge in [0.2, 0.25) is 0 Å². The SMILES string of the molecule is CN(CCC(Oc1cc(CO)cc(CO)c1)c1ccccc1)C(=O)OC(C)(C)C. The molecule has 0 fully saturated rings. The van der Waals surface area contributed by atoms with E-state index in [1.54, 1.807) is 25.2 Å². The summed E-state index contributed by atoms with van der Waals surface area (Å²) >= 11 is 0. The van der Waals surface area contributed by atoms with E-state index in [0.717, 1.165) is 5.56 Å². The molecule has 2 rings (SSSR count). The summed E-state index contributed by atoms with van der Waals surface area (Å²) in [5.74, 6) is 0.564. The van der Waals surface area contributed by atoms with E-state index in [1.165, 1.54) is 4.90 Å². The highest BCUT2D eigenvalue weighted by Crippen LogP contribution is 2.27. The van der Waals surface area contributed by atoms with Crippen LogP contribution in [0.2, 0.25) is 0 Å². The van der Waals surface area contributed by atoms with Crippen LogP contribution in [0.4, 0.5) is 4.79 Å². The molecule has 158 valence electrons. The molecule has 1 unspecified atom stereocenters. The van der Waals surface area contributed by atoms with Gasteiger partial charge in [-0.1, -0.05) is 36.4 Å². The normalized spacial score (nSPS) is 12.3. The van der Waals surface area contributed by atoms with Crippen molar-refractivity contribution in [3.8, 4) is 5.75 Å². The molecule has 1 atom stereocenters. The lowest BCUT2D eigenvalue weighted by molar-refractivity contribution is 0.0278. The van der Waals surface area contributed by atoms with Crippen molar-refractivity contribution in [1.29, 1.82) is 0 Å². The topological polar surface area (TPSA) is 79.2 Å². The number of hydrogen-bond donors (Lipinski definition) is 2. The fourth-order valence-corrected chi connectivity index (χ4v) is 2.85. The molecular weight excluding hydrogens is 370 g/mol. The van der Waals surface area contributed by atoms with E-state index in [4.69, 9.17) is 9.47 Å². The number of rotatable bonds is 8. The predicted molar refractivity (Wildman–Crippen MR) is 112 cm³/mol. The van der Waals surface area contributed by atoms with Gasteiger partial charge in [-0.15, -0.1) is 0 Å². The Hall–Kier alpha value is -2.57. The largest absolute Gasteiger partial charge is 0.486 e. The Kier molecular flexibility index (Phi) is 8.05. The van der Waals surface area contributed by atoms with Gasteiger partial charge >= 0.3 is 6.09 Å². The standard InChI is InChI=1S/C23H31NO5/c1-23(2,3)29-22(27)24(4)11-10-21(19-8-6-5-7-9-19)28-20-13-17(15-25)12-18(14-20)16-26/h5-9,12-14,21,25-26H,10-11,15-16H2,1-4H3. The van der Waals surface area contributed by atoms with E-state index in [2.05, 4.69) is 0 Å². The number of benzene rings is 2. The Morgan fingerprint density at radius 2 is 1.62 bits per heavy atom. The van der Waals surface area contributed by atoms with Crippen LogP contribution in [0.1, 0.15) is 50.0 Å². The summed E-state index contributed by atoms with van der Waals surface area (Å²) in [4.78, 5) is 13.8. The Bertz CT molecular complexity index is 763. The fraction of sp³-hybridized carbons (Fsp3) is 0.435. The number of hydrogen-bond acceptors (Lipinski definition) is 5. The van der Waals surface area contributed by atoms with Gasteiger partial charge in [-0.25, -0.2) is 4.79 Å². The first-order chi connectivity index (χ1) is 13.7. The average molecular weight is 402 g/mol. The van der Waals surface area contributed by atoms with Gasteiger partial charge in [0.05, 0.1) is 13.2 Å². The van der Waals surface area contributed by atoms with E-state index in [-0.39, 0.29) is 25.4 Å². The lowest BCUT2D eigenvalue weighted by Crippen LogP contribution is -2.35. The quantitative estimate of drug-likeness (QED) is 0.698. The first kappa shape index (κ1) is 22.7. The van der Waals surface area contributed by atoms with Crippen molar-refractivity contribution in [2.45, 2.75) is 52.1 Å². The third-order valence-electron chi connectivity index (χ3n) is 4.27. The molecule has 0 aliphatic rings. The molecule has 0 aromatic heterocycles. The lowest BCUT2D eigenvalue weighted by atomic mass is 10.1. The van der Waals surface area contributed by atoms with E-state index >= 15 is 0 Å². The third kappa shape index (κ3) is 7.40. The molecule has 0 spiro atoms. The van der Waals surface area contributed by atoms with Gasteiger partial charge in [-0.05, 0) is 49.6 Å². The highest BCUT2D eigenvalue weighted by molar-refractivity contribution is 5.67. The van der Waals surface area contributed by atoms with Crippen LogP contribution in [0, 0.1) is 0 Å². The number of aliphatic hydroxyl groups is 2. The molecule has 0 heterocycles. The molecule has 0 saturated heterocycles. The van der Waals surface area contributed by atoms with Crippen LogP contribution in [0.15, 0.2) is 48.5 Å². The second kappa shape index (κ2) is 10.3. The Morgan fingerprint density at radius 1 is 1.03 bits per heavy atom. The molecule has 6 nitrogen and oxygen atoms in total. The zero-order chi connectivity index (χ0) is 21.4. The van der Waals surface area contributed by atoms with Gasteiger partial charge in [-0.3, -0.25) is 0 Å².